The van der Waals surface area contributed by atoms with E-state index in [0.29, 0.717) is 22.8 Å². The smallest absolute Gasteiger partial charge is 0.294 e. The number of rotatable bonds is 6. The van der Waals surface area contributed by atoms with Crippen LogP contribution in [0.3, 0.4) is 0 Å². The van der Waals surface area contributed by atoms with E-state index in [9.17, 15) is 18.8 Å². The van der Waals surface area contributed by atoms with Gasteiger partial charge >= 0.3 is 0 Å². The summed E-state index contributed by atoms with van der Waals surface area (Å²) in [6, 6.07) is 19.3. The lowest BCUT2D eigenvalue weighted by Crippen LogP contribution is -2.36. The summed E-state index contributed by atoms with van der Waals surface area (Å²) in [5, 5.41) is 3.53. The summed E-state index contributed by atoms with van der Waals surface area (Å²) in [7, 11) is 0. The number of halogens is 2. The number of thioether (sulfide) groups is 1. The third kappa shape index (κ3) is 4.97. The summed E-state index contributed by atoms with van der Waals surface area (Å²) in [6.07, 6.45) is 1.68. The fraction of sp³-hybridized carbons (Fsp3) is 0.138. The van der Waals surface area contributed by atoms with Gasteiger partial charge in [-0.15, -0.1) is 0 Å². The Labute approximate surface area is 228 Å². The second-order valence-electron chi connectivity index (χ2n) is 8.97. The first-order valence-corrected chi connectivity index (χ1v) is 13.0. The molecular weight excluding hydrogens is 525 g/mol. The van der Waals surface area contributed by atoms with Gasteiger partial charge in [-0.05, 0) is 61.5 Å². The van der Waals surface area contributed by atoms with E-state index in [1.165, 1.54) is 6.07 Å². The van der Waals surface area contributed by atoms with Gasteiger partial charge in [0.1, 0.15) is 12.4 Å². The molecule has 1 fully saturated rings. The molecule has 0 bridgehead atoms. The Bertz CT molecular complexity index is 1650. The molecule has 3 aromatic carbocycles. The summed E-state index contributed by atoms with van der Waals surface area (Å²) < 4.78 is 16.4. The number of nitrogens with one attached hydrogen (secondary N) is 1. The molecule has 0 unspecified atom stereocenters. The lowest BCUT2D eigenvalue weighted by Gasteiger charge is -2.13. The number of nitrogens with zero attached hydrogens (tertiary/aromatic N) is 2. The SMILES string of the molecule is Cc1ccc(NC(=O)CN2C(=O)S/C(=C\c3c(C)n(Cc4ccccc4F)c4ccccc34)C2=O)cc1Cl. The molecule has 1 aromatic heterocycles. The number of carbonyl (C=O) groups is 3. The fourth-order valence-corrected chi connectivity index (χ4v) is 5.42. The number of aromatic nitrogens is 1. The van der Waals surface area contributed by atoms with Crippen molar-refractivity contribution in [3.05, 3.63) is 105 Å². The molecule has 1 aliphatic heterocycles. The van der Waals surface area contributed by atoms with Crippen LogP contribution in [0.1, 0.15) is 22.4 Å². The Morgan fingerprint density at radius 2 is 1.79 bits per heavy atom. The largest absolute Gasteiger partial charge is 0.340 e. The minimum Gasteiger partial charge on any atom is -0.340 e. The van der Waals surface area contributed by atoms with E-state index in [1.807, 2.05) is 42.7 Å². The van der Waals surface area contributed by atoms with Gasteiger partial charge in [0, 0.05) is 38.4 Å². The van der Waals surface area contributed by atoms with Crippen LogP contribution in [0.5, 0.6) is 0 Å². The van der Waals surface area contributed by atoms with Crippen molar-refractivity contribution in [3.63, 3.8) is 0 Å². The Hall–Kier alpha value is -3.88. The molecule has 9 heteroatoms. The van der Waals surface area contributed by atoms with E-state index in [1.54, 1.807) is 42.5 Å². The maximum Gasteiger partial charge on any atom is 0.294 e. The first kappa shape index (κ1) is 25.8. The monoisotopic (exact) mass is 547 g/mol. The summed E-state index contributed by atoms with van der Waals surface area (Å²) >= 11 is 6.91. The van der Waals surface area contributed by atoms with Gasteiger partial charge < -0.3 is 9.88 Å². The van der Waals surface area contributed by atoms with Crippen molar-refractivity contribution in [2.24, 2.45) is 0 Å². The minimum atomic E-state index is -0.539. The van der Waals surface area contributed by atoms with Gasteiger partial charge in [0.25, 0.3) is 11.1 Å². The lowest BCUT2D eigenvalue weighted by atomic mass is 10.1. The molecule has 0 atom stereocenters. The third-order valence-electron chi connectivity index (χ3n) is 6.47. The molecule has 1 aliphatic rings. The quantitative estimate of drug-likeness (QED) is 0.270. The summed E-state index contributed by atoms with van der Waals surface area (Å²) in [6.45, 7) is 3.65. The molecule has 0 saturated carbocycles. The average Bonchev–Trinajstić information content (AvgIpc) is 3.30. The average molecular weight is 548 g/mol. The number of aryl methyl sites for hydroxylation is 1. The molecule has 0 aliphatic carbocycles. The minimum absolute atomic E-state index is 0.220. The van der Waals surface area contributed by atoms with Crippen molar-refractivity contribution in [2.75, 3.05) is 11.9 Å². The lowest BCUT2D eigenvalue weighted by molar-refractivity contribution is -0.127. The van der Waals surface area contributed by atoms with Gasteiger partial charge in [-0.1, -0.05) is 54.1 Å². The van der Waals surface area contributed by atoms with Crippen molar-refractivity contribution >= 4 is 63.1 Å². The molecule has 4 aromatic rings. The number of benzene rings is 3. The van der Waals surface area contributed by atoms with Crippen molar-refractivity contribution in [1.82, 2.24) is 9.47 Å². The number of carbonyl (C=O) groups excluding carboxylic acids is 3. The van der Waals surface area contributed by atoms with Gasteiger partial charge in [0.15, 0.2) is 0 Å². The molecule has 192 valence electrons. The Morgan fingerprint density at radius 1 is 1.05 bits per heavy atom. The van der Waals surface area contributed by atoms with Crippen LogP contribution in [0.25, 0.3) is 17.0 Å². The van der Waals surface area contributed by atoms with Crippen LogP contribution >= 0.6 is 23.4 Å². The second-order valence-corrected chi connectivity index (χ2v) is 10.4. The number of fused-ring (bicyclic) bond motifs is 1. The molecule has 38 heavy (non-hydrogen) atoms. The van der Waals surface area contributed by atoms with Gasteiger partial charge in [0.2, 0.25) is 5.91 Å². The van der Waals surface area contributed by atoms with Crippen molar-refractivity contribution in [2.45, 2.75) is 20.4 Å². The van der Waals surface area contributed by atoms with E-state index in [-0.39, 0.29) is 10.7 Å². The summed E-state index contributed by atoms with van der Waals surface area (Å²) in [5.41, 5.74) is 4.37. The topological polar surface area (TPSA) is 71.4 Å². The van der Waals surface area contributed by atoms with Crippen LogP contribution in [0.4, 0.5) is 14.9 Å². The number of para-hydroxylation sites is 1. The first-order valence-electron chi connectivity index (χ1n) is 11.9. The Morgan fingerprint density at radius 3 is 2.55 bits per heavy atom. The highest BCUT2D eigenvalue weighted by Crippen LogP contribution is 2.36. The van der Waals surface area contributed by atoms with Crippen LogP contribution in [-0.4, -0.2) is 33.1 Å². The molecule has 1 saturated heterocycles. The van der Waals surface area contributed by atoms with Crippen LogP contribution in [0.15, 0.2) is 71.6 Å². The van der Waals surface area contributed by atoms with Gasteiger partial charge in [-0.3, -0.25) is 19.3 Å². The van der Waals surface area contributed by atoms with Crippen LogP contribution in [-0.2, 0) is 16.1 Å². The summed E-state index contributed by atoms with van der Waals surface area (Å²) in [5.74, 6) is -1.34. The van der Waals surface area contributed by atoms with Crippen LogP contribution in [0, 0.1) is 19.7 Å². The number of imide groups is 1. The van der Waals surface area contributed by atoms with Gasteiger partial charge in [0.05, 0.1) is 11.4 Å². The normalized spacial score (nSPS) is 14.6. The van der Waals surface area contributed by atoms with Gasteiger partial charge in [-0.25, -0.2) is 4.39 Å². The zero-order valence-electron chi connectivity index (χ0n) is 20.6. The van der Waals surface area contributed by atoms with Crippen molar-refractivity contribution < 1.29 is 18.8 Å². The number of anilines is 1. The highest BCUT2D eigenvalue weighted by atomic mass is 35.5. The fourth-order valence-electron chi connectivity index (χ4n) is 4.42. The van der Waals surface area contributed by atoms with Crippen LogP contribution in [0.2, 0.25) is 5.02 Å². The summed E-state index contributed by atoms with van der Waals surface area (Å²) in [4.78, 5) is 39.6. The number of hydrogen-bond acceptors (Lipinski definition) is 4. The van der Waals surface area contributed by atoms with E-state index in [4.69, 9.17) is 11.6 Å². The molecule has 0 spiro atoms. The number of amides is 3. The molecule has 0 radical (unpaired) electrons. The number of hydrogen-bond donors (Lipinski definition) is 1. The standard InChI is InChI=1S/C29H23ClFN3O3S/c1-17-11-12-20(13-23(17)30)32-27(35)16-34-28(36)26(38-29(34)37)14-22-18(2)33(25-10-6-4-8-21(22)25)15-19-7-3-5-9-24(19)31/h3-14H,15-16H2,1-2H3,(H,32,35)/b26-14-. The van der Waals surface area contributed by atoms with E-state index >= 15 is 0 Å². The maximum absolute atomic E-state index is 14.4. The zero-order chi connectivity index (χ0) is 27.0. The molecule has 3 amide bonds. The van der Waals surface area contributed by atoms with Crippen LogP contribution < -0.4 is 5.32 Å². The van der Waals surface area contributed by atoms with E-state index in [2.05, 4.69) is 5.32 Å². The second kappa shape index (κ2) is 10.5. The molecule has 1 N–H and O–H groups in total. The third-order valence-corrected chi connectivity index (χ3v) is 7.79. The van der Waals surface area contributed by atoms with Crippen molar-refractivity contribution in [1.29, 1.82) is 0 Å². The molecule has 6 nitrogen and oxygen atoms in total. The molecular formula is C29H23ClFN3O3S. The van der Waals surface area contributed by atoms with E-state index in [0.717, 1.165) is 44.4 Å². The highest BCUT2D eigenvalue weighted by molar-refractivity contribution is 8.18. The zero-order valence-corrected chi connectivity index (χ0v) is 22.2. The Kier molecular flexibility index (Phi) is 7.10. The van der Waals surface area contributed by atoms with Gasteiger partial charge in [-0.2, -0.15) is 0 Å². The van der Waals surface area contributed by atoms with Crippen molar-refractivity contribution in [3.8, 4) is 0 Å². The van der Waals surface area contributed by atoms with E-state index < -0.39 is 23.6 Å². The predicted octanol–water partition coefficient (Wildman–Crippen LogP) is 6.77. The predicted molar refractivity (Wildman–Crippen MR) is 150 cm³/mol. The molecule has 5 rings (SSSR count). The first-order chi connectivity index (χ1) is 18.2. The maximum atomic E-state index is 14.4. The Balaban J connectivity index is 1.41. The highest BCUT2D eigenvalue weighted by Gasteiger charge is 2.36. The molecule has 2 heterocycles.